The zero-order valence-electron chi connectivity index (χ0n) is 9.65. The predicted octanol–water partition coefficient (Wildman–Crippen LogP) is 2.46. The molecule has 1 heterocycles. The van der Waals surface area contributed by atoms with E-state index < -0.39 is 9.84 Å². The number of hydrogen-bond donors (Lipinski definition) is 0. The van der Waals surface area contributed by atoms with Gasteiger partial charge in [-0.05, 0) is 18.9 Å². The zero-order chi connectivity index (χ0) is 12.5. The van der Waals surface area contributed by atoms with Crippen molar-refractivity contribution in [3.8, 4) is 5.75 Å². The van der Waals surface area contributed by atoms with Crippen LogP contribution in [0.3, 0.4) is 0 Å². The van der Waals surface area contributed by atoms with Crippen molar-refractivity contribution in [1.29, 1.82) is 0 Å². The molecule has 1 unspecified atom stereocenters. The molecule has 0 spiro atoms. The molecule has 2 rings (SSSR count). The second kappa shape index (κ2) is 4.98. The van der Waals surface area contributed by atoms with Crippen LogP contribution in [0.1, 0.15) is 17.5 Å². The van der Waals surface area contributed by atoms with Crippen LogP contribution in [0.5, 0.6) is 5.75 Å². The highest BCUT2D eigenvalue weighted by Crippen LogP contribution is 2.28. The van der Waals surface area contributed by atoms with Gasteiger partial charge in [0, 0.05) is 10.9 Å². The number of aryl methyl sites for hydroxylation is 1. The molecule has 0 amide bonds. The number of sulfone groups is 1. The minimum Gasteiger partial charge on any atom is -0.489 e. The van der Waals surface area contributed by atoms with Gasteiger partial charge in [-0.1, -0.05) is 34.1 Å². The minimum atomic E-state index is -2.88. The van der Waals surface area contributed by atoms with Crippen molar-refractivity contribution >= 4 is 25.8 Å². The van der Waals surface area contributed by atoms with Crippen LogP contribution >= 0.6 is 15.9 Å². The van der Waals surface area contributed by atoms with Crippen LogP contribution in [0.25, 0.3) is 0 Å². The molecule has 1 saturated heterocycles. The summed E-state index contributed by atoms with van der Waals surface area (Å²) in [6.45, 7) is 1.98. The number of alkyl halides is 1. The molecule has 0 aromatic heterocycles. The first kappa shape index (κ1) is 12.9. The third-order valence-electron chi connectivity index (χ3n) is 2.91. The summed E-state index contributed by atoms with van der Waals surface area (Å²) in [6, 6.07) is 5.94. The van der Waals surface area contributed by atoms with Crippen LogP contribution in [-0.2, 0) is 15.2 Å². The average molecular weight is 319 g/mol. The smallest absolute Gasteiger partial charge is 0.154 e. The van der Waals surface area contributed by atoms with E-state index in [1.54, 1.807) is 0 Å². The molecule has 1 aromatic carbocycles. The van der Waals surface area contributed by atoms with Crippen molar-refractivity contribution in [3.63, 3.8) is 0 Å². The summed E-state index contributed by atoms with van der Waals surface area (Å²) in [5, 5.41) is 0.712. The fourth-order valence-electron chi connectivity index (χ4n) is 2.01. The summed E-state index contributed by atoms with van der Waals surface area (Å²) in [5.74, 6) is 1.21. The largest absolute Gasteiger partial charge is 0.489 e. The highest BCUT2D eigenvalue weighted by atomic mass is 79.9. The molecular weight excluding hydrogens is 304 g/mol. The summed E-state index contributed by atoms with van der Waals surface area (Å²) < 4.78 is 28.6. The zero-order valence-corrected chi connectivity index (χ0v) is 12.1. The number of rotatable bonds is 3. The molecular formula is C12H15BrO3S. The van der Waals surface area contributed by atoms with Crippen molar-refractivity contribution in [1.82, 2.24) is 0 Å². The maximum Gasteiger partial charge on any atom is 0.154 e. The summed E-state index contributed by atoms with van der Waals surface area (Å²) in [4.78, 5) is 0. The summed E-state index contributed by atoms with van der Waals surface area (Å²) in [7, 11) is -2.88. The van der Waals surface area contributed by atoms with Gasteiger partial charge in [0.2, 0.25) is 0 Å². The van der Waals surface area contributed by atoms with Crippen LogP contribution in [0.15, 0.2) is 18.2 Å². The SMILES string of the molecule is Cc1cccc(CBr)c1OC1CCS(=O)(=O)C1. The van der Waals surface area contributed by atoms with E-state index in [0.717, 1.165) is 16.9 Å². The second-order valence-corrected chi connectivity index (χ2v) is 7.13. The summed E-state index contributed by atoms with van der Waals surface area (Å²) in [6.07, 6.45) is 0.400. The number of para-hydroxylation sites is 1. The van der Waals surface area contributed by atoms with E-state index in [-0.39, 0.29) is 17.6 Å². The fourth-order valence-corrected chi connectivity index (χ4v) is 4.04. The summed E-state index contributed by atoms with van der Waals surface area (Å²) in [5.41, 5.74) is 2.11. The second-order valence-electron chi connectivity index (χ2n) is 4.34. The van der Waals surface area contributed by atoms with Gasteiger partial charge in [-0.25, -0.2) is 8.42 Å². The molecule has 1 aromatic rings. The third kappa shape index (κ3) is 3.01. The van der Waals surface area contributed by atoms with E-state index in [0.29, 0.717) is 11.8 Å². The Labute approximate surface area is 110 Å². The molecule has 0 radical (unpaired) electrons. The van der Waals surface area contributed by atoms with E-state index in [2.05, 4.69) is 15.9 Å². The number of ether oxygens (including phenoxy) is 1. The van der Waals surface area contributed by atoms with Crippen LogP contribution in [0.4, 0.5) is 0 Å². The van der Waals surface area contributed by atoms with Crippen molar-refractivity contribution in [3.05, 3.63) is 29.3 Å². The van der Waals surface area contributed by atoms with Crippen molar-refractivity contribution in [2.45, 2.75) is 24.8 Å². The standard InChI is InChI=1S/C12H15BrO3S/c1-9-3-2-4-10(7-13)12(9)16-11-5-6-17(14,15)8-11/h2-4,11H,5-8H2,1H3. The van der Waals surface area contributed by atoms with E-state index in [1.807, 2.05) is 25.1 Å². The maximum absolute atomic E-state index is 11.4. The Morgan fingerprint density at radius 3 is 2.82 bits per heavy atom. The summed E-state index contributed by atoms with van der Waals surface area (Å²) >= 11 is 3.42. The van der Waals surface area contributed by atoms with Crippen LogP contribution in [-0.4, -0.2) is 26.0 Å². The van der Waals surface area contributed by atoms with Gasteiger partial charge in [-0.15, -0.1) is 0 Å². The Bertz CT molecular complexity index is 510. The molecule has 3 nitrogen and oxygen atoms in total. The Balaban J connectivity index is 2.19. The first-order valence-electron chi connectivity index (χ1n) is 5.53. The molecule has 1 fully saturated rings. The third-order valence-corrected chi connectivity index (χ3v) is 5.25. The monoisotopic (exact) mass is 318 g/mol. The molecule has 94 valence electrons. The van der Waals surface area contributed by atoms with Crippen LogP contribution in [0, 0.1) is 6.92 Å². The van der Waals surface area contributed by atoms with E-state index in [9.17, 15) is 8.42 Å². The molecule has 5 heteroatoms. The van der Waals surface area contributed by atoms with E-state index >= 15 is 0 Å². The van der Waals surface area contributed by atoms with E-state index in [4.69, 9.17) is 4.74 Å². The van der Waals surface area contributed by atoms with Crippen molar-refractivity contribution in [2.75, 3.05) is 11.5 Å². The first-order chi connectivity index (χ1) is 8.02. The quantitative estimate of drug-likeness (QED) is 0.804. The van der Waals surface area contributed by atoms with Gasteiger partial charge in [0.25, 0.3) is 0 Å². The number of halogens is 1. The molecule has 0 aliphatic carbocycles. The first-order valence-corrected chi connectivity index (χ1v) is 8.47. The highest BCUT2D eigenvalue weighted by molar-refractivity contribution is 9.08. The van der Waals surface area contributed by atoms with Gasteiger partial charge in [0.15, 0.2) is 9.84 Å². The molecule has 17 heavy (non-hydrogen) atoms. The lowest BCUT2D eigenvalue weighted by Crippen LogP contribution is -2.18. The minimum absolute atomic E-state index is 0.142. The Morgan fingerprint density at radius 2 is 2.24 bits per heavy atom. The van der Waals surface area contributed by atoms with Gasteiger partial charge >= 0.3 is 0 Å². The Kier molecular flexibility index (Phi) is 3.78. The molecule has 0 bridgehead atoms. The average Bonchev–Trinajstić information content (AvgIpc) is 2.61. The Hall–Kier alpha value is -0.550. The normalized spacial score (nSPS) is 22.6. The topological polar surface area (TPSA) is 43.4 Å². The lowest BCUT2D eigenvalue weighted by Gasteiger charge is -2.17. The molecule has 1 aliphatic rings. The molecule has 1 aliphatic heterocycles. The molecule has 1 atom stereocenters. The van der Waals surface area contributed by atoms with Gasteiger partial charge in [-0.3, -0.25) is 0 Å². The molecule has 0 saturated carbocycles. The predicted molar refractivity (Wildman–Crippen MR) is 71.5 cm³/mol. The lowest BCUT2D eigenvalue weighted by molar-refractivity contribution is 0.225. The fraction of sp³-hybridized carbons (Fsp3) is 0.500. The molecule has 0 N–H and O–H groups in total. The highest BCUT2D eigenvalue weighted by Gasteiger charge is 2.30. The van der Waals surface area contributed by atoms with Crippen molar-refractivity contribution < 1.29 is 13.2 Å². The number of benzene rings is 1. The number of hydrogen-bond acceptors (Lipinski definition) is 3. The van der Waals surface area contributed by atoms with Crippen molar-refractivity contribution in [2.24, 2.45) is 0 Å². The maximum atomic E-state index is 11.4. The van der Waals surface area contributed by atoms with Crippen LogP contribution < -0.4 is 4.74 Å². The van der Waals surface area contributed by atoms with Gasteiger partial charge in [0.1, 0.15) is 11.9 Å². The van der Waals surface area contributed by atoms with E-state index in [1.165, 1.54) is 0 Å². The van der Waals surface area contributed by atoms with Gasteiger partial charge in [-0.2, -0.15) is 0 Å². The van der Waals surface area contributed by atoms with Gasteiger partial charge in [0.05, 0.1) is 11.5 Å². The van der Waals surface area contributed by atoms with Crippen LogP contribution in [0.2, 0.25) is 0 Å². The van der Waals surface area contributed by atoms with Gasteiger partial charge < -0.3 is 4.74 Å². The Morgan fingerprint density at radius 1 is 1.47 bits per heavy atom. The lowest BCUT2D eigenvalue weighted by atomic mass is 10.1.